The van der Waals surface area contributed by atoms with Crippen LogP contribution in [-0.4, -0.2) is 36.8 Å². The molecule has 1 atom stereocenters. The lowest BCUT2D eigenvalue weighted by molar-refractivity contribution is -0.121. The molecule has 1 unspecified atom stereocenters. The summed E-state index contributed by atoms with van der Waals surface area (Å²) in [6.45, 7) is 1.26. The maximum atomic E-state index is 12.8. The first kappa shape index (κ1) is 14.7. The van der Waals surface area contributed by atoms with Crippen molar-refractivity contribution in [1.82, 2.24) is 5.43 Å². The van der Waals surface area contributed by atoms with Gasteiger partial charge < -0.3 is 9.64 Å². The van der Waals surface area contributed by atoms with Gasteiger partial charge in [-0.1, -0.05) is 18.2 Å². The van der Waals surface area contributed by atoms with Crippen molar-refractivity contribution in [3.63, 3.8) is 0 Å². The second kappa shape index (κ2) is 6.70. The van der Waals surface area contributed by atoms with Crippen LogP contribution in [-0.2, 0) is 14.3 Å². The average Bonchev–Trinajstić information content (AvgIpc) is 3.07. The number of nitrogens with one attached hydrogen (secondary N) is 1. The molecule has 22 heavy (non-hydrogen) atoms. The molecular weight excluding hydrogens is 282 g/mol. The maximum Gasteiger partial charge on any atom is 0.274 e. The first-order valence-electron chi connectivity index (χ1n) is 7.58. The van der Waals surface area contributed by atoms with E-state index in [1.165, 1.54) is 0 Å². The molecule has 2 heterocycles. The molecule has 0 saturated carbocycles. The Morgan fingerprint density at radius 2 is 2.14 bits per heavy atom. The molecule has 0 aromatic heterocycles. The summed E-state index contributed by atoms with van der Waals surface area (Å²) in [7, 11) is 0. The van der Waals surface area contributed by atoms with E-state index in [1.54, 1.807) is 4.90 Å². The van der Waals surface area contributed by atoms with E-state index in [0.29, 0.717) is 25.1 Å². The van der Waals surface area contributed by atoms with Gasteiger partial charge in [-0.05, 0) is 25.0 Å². The Hall–Kier alpha value is -2.21. The van der Waals surface area contributed by atoms with Crippen LogP contribution in [0.2, 0.25) is 0 Å². The fourth-order valence-corrected chi connectivity index (χ4v) is 2.69. The van der Waals surface area contributed by atoms with Crippen molar-refractivity contribution in [2.45, 2.75) is 31.8 Å². The number of carbonyl (C=O) groups excluding carboxylic acids is 2. The molecule has 2 amide bonds. The van der Waals surface area contributed by atoms with Gasteiger partial charge in [0.05, 0.1) is 12.6 Å². The van der Waals surface area contributed by atoms with Crippen LogP contribution in [0, 0.1) is 0 Å². The number of anilines is 1. The van der Waals surface area contributed by atoms with Crippen molar-refractivity contribution < 1.29 is 14.3 Å². The zero-order chi connectivity index (χ0) is 15.4. The SMILES string of the molecule is O=C1CCC(C(=O)N(CC2CCCO2)c2ccccc2)=NN1. The highest BCUT2D eigenvalue weighted by Gasteiger charge is 2.28. The summed E-state index contributed by atoms with van der Waals surface area (Å²) in [5, 5.41) is 3.92. The molecule has 3 rings (SSSR count). The van der Waals surface area contributed by atoms with E-state index < -0.39 is 0 Å². The second-order valence-electron chi connectivity index (χ2n) is 5.48. The van der Waals surface area contributed by atoms with Crippen LogP contribution in [0.4, 0.5) is 5.69 Å². The van der Waals surface area contributed by atoms with Crippen molar-refractivity contribution in [2.24, 2.45) is 5.10 Å². The Balaban J connectivity index is 1.81. The summed E-state index contributed by atoms with van der Waals surface area (Å²) in [5.41, 5.74) is 3.60. The Bertz CT molecular complexity index is 580. The van der Waals surface area contributed by atoms with Crippen LogP contribution in [0.5, 0.6) is 0 Å². The van der Waals surface area contributed by atoms with Crippen LogP contribution in [0.15, 0.2) is 35.4 Å². The van der Waals surface area contributed by atoms with Crippen LogP contribution in [0.25, 0.3) is 0 Å². The number of hydrazone groups is 1. The second-order valence-corrected chi connectivity index (χ2v) is 5.48. The molecule has 2 aliphatic rings. The molecule has 1 fully saturated rings. The predicted octanol–water partition coefficient (Wildman–Crippen LogP) is 1.46. The number of hydrogen-bond donors (Lipinski definition) is 1. The topological polar surface area (TPSA) is 71.0 Å². The Morgan fingerprint density at radius 3 is 2.77 bits per heavy atom. The highest BCUT2D eigenvalue weighted by atomic mass is 16.5. The quantitative estimate of drug-likeness (QED) is 0.915. The van der Waals surface area contributed by atoms with Crippen molar-refractivity contribution in [3.05, 3.63) is 30.3 Å². The molecule has 0 bridgehead atoms. The van der Waals surface area contributed by atoms with Gasteiger partial charge in [0.2, 0.25) is 5.91 Å². The monoisotopic (exact) mass is 301 g/mol. The minimum atomic E-state index is -0.165. The maximum absolute atomic E-state index is 12.8. The van der Waals surface area contributed by atoms with E-state index in [0.717, 1.165) is 25.1 Å². The van der Waals surface area contributed by atoms with Crippen LogP contribution in [0.3, 0.4) is 0 Å². The Morgan fingerprint density at radius 1 is 1.32 bits per heavy atom. The van der Waals surface area contributed by atoms with E-state index in [-0.39, 0.29) is 17.9 Å². The summed E-state index contributed by atoms with van der Waals surface area (Å²) >= 11 is 0. The predicted molar refractivity (Wildman–Crippen MR) is 82.6 cm³/mol. The first-order chi connectivity index (χ1) is 10.7. The van der Waals surface area contributed by atoms with Crippen LogP contribution < -0.4 is 10.3 Å². The third-order valence-corrected chi connectivity index (χ3v) is 3.87. The molecule has 1 aromatic rings. The van der Waals surface area contributed by atoms with Gasteiger partial charge in [0.1, 0.15) is 5.71 Å². The molecule has 6 heteroatoms. The zero-order valence-corrected chi connectivity index (χ0v) is 12.3. The Labute approximate surface area is 129 Å². The highest BCUT2D eigenvalue weighted by molar-refractivity contribution is 6.44. The molecule has 6 nitrogen and oxygen atoms in total. The van der Waals surface area contributed by atoms with Crippen molar-refractivity contribution in [1.29, 1.82) is 0 Å². The van der Waals surface area contributed by atoms with Gasteiger partial charge in [-0.3, -0.25) is 9.59 Å². The fourth-order valence-electron chi connectivity index (χ4n) is 2.69. The van der Waals surface area contributed by atoms with Gasteiger partial charge in [0.25, 0.3) is 5.91 Å². The van der Waals surface area contributed by atoms with E-state index in [2.05, 4.69) is 10.5 Å². The lowest BCUT2D eigenvalue weighted by Crippen LogP contribution is -2.43. The molecule has 116 valence electrons. The number of rotatable bonds is 4. The van der Waals surface area contributed by atoms with Crippen molar-refractivity contribution in [3.8, 4) is 0 Å². The van der Waals surface area contributed by atoms with Crippen LogP contribution >= 0.6 is 0 Å². The van der Waals surface area contributed by atoms with E-state index in [9.17, 15) is 9.59 Å². The lowest BCUT2D eigenvalue weighted by atomic mass is 10.1. The summed E-state index contributed by atoms with van der Waals surface area (Å²) in [6, 6.07) is 9.51. The van der Waals surface area contributed by atoms with Gasteiger partial charge in [-0.2, -0.15) is 5.10 Å². The normalized spacial score (nSPS) is 21.2. The first-order valence-corrected chi connectivity index (χ1v) is 7.58. The lowest BCUT2D eigenvalue weighted by Gasteiger charge is -2.26. The molecule has 0 spiro atoms. The number of benzene rings is 1. The van der Waals surface area contributed by atoms with E-state index in [1.807, 2.05) is 30.3 Å². The standard InChI is InChI=1S/C16H19N3O3/c20-15-9-8-14(17-18-15)16(21)19(11-13-7-4-10-22-13)12-5-2-1-3-6-12/h1-3,5-6,13H,4,7-11H2,(H,18,20). The Kier molecular flexibility index (Phi) is 4.48. The molecular formula is C16H19N3O3. The van der Waals surface area contributed by atoms with Crippen molar-refractivity contribution >= 4 is 23.2 Å². The molecule has 1 N–H and O–H groups in total. The number of hydrogen-bond acceptors (Lipinski definition) is 4. The molecule has 0 radical (unpaired) electrons. The number of para-hydroxylation sites is 1. The van der Waals surface area contributed by atoms with Gasteiger partial charge in [-0.15, -0.1) is 0 Å². The minimum Gasteiger partial charge on any atom is -0.376 e. The van der Waals surface area contributed by atoms with Gasteiger partial charge in [0, 0.05) is 25.1 Å². The van der Waals surface area contributed by atoms with Gasteiger partial charge in [0.15, 0.2) is 0 Å². The molecule has 1 aromatic carbocycles. The fraction of sp³-hybridized carbons (Fsp3) is 0.438. The smallest absolute Gasteiger partial charge is 0.274 e. The average molecular weight is 301 g/mol. The van der Waals surface area contributed by atoms with Crippen molar-refractivity contribution in [2.75, 3.05) is 18.1 Å². The van der Waals surface area contributed by atoms with E-state index in [4.69, 9.17) is 4.74 Å². The molecule has 0 aliphatic carbocycles. The third kappa shape index (κ3) is 3.33. The number of nitrogens with zero attached hydrogens (tertiary/aromatic N) is 2. The zero-order valence-electron chi connectivity index (χ0n) is 12.3. The number of amides is 2. The number of ether oxygens (including phenoxy) is 1. The minimum absolute atomic E-state index is 0.0583. The summed E-state index contributed by atoms with van der Waals surface area (Å²) in [6.07, 6.45) is 2.72. The summed E-state index contributed by atoms with van der Waals surface area (Å²) in [5.74, 6) is -0.316. The van der Waals surface area contributed by atoms with Crippen LogP contribution in [0.1, 0.15) is 25.7 Å². The van der Waals surface area contributed by atoms with Gasteiger partial charge in [-0.25, -0.2) is 5.43 Å². The molecule has 1 saturated heterocycles. The number of carbonyl (C=O) groups is 2. The van der Waals surface area contributed by atoms with Gasteiger partial charge >= 0.3 is 0 Å². The molecule has 2 aliphatic heterocycles. The third-order valence-electron chi connectivity index (χ3n) is 3.87. The highest BCUT2D eigenvalue weighted by Crippen LogP contribution is 2.20. The summed E-state index contributed by atoms with van der Waals surface area (Å²) < 4.78 is 5.66. The largest absolute Gasteiger partial charge is 0.376 e. The van der Waals surface area contributed by atoms with E-state index >= 15 is 0 Å². The summed E-state index contributed by atoms with van der Waals surface area (Å²) in [4.78, 5) is 25.7.